The molecule has 6 heteroatoms. The van der Waals surface area contributed by atoms with Gasteiger partial charge in [0, 0.05) is 20.0 Å². The van der Waals surface area contributed by atoms with Gasteiger partial charge in [-0.1, -0.05) is 26.0 Å². The molecule has 1 aromatic heterocycles. The Morgan fingerprint density at radius 3 is 2.88 bits per heavy atom. The van der Waals surface area contributed by atoms with Gasteiger partial charge in [0.1, 0.15) is 18.0 Å². The third-order valence-corrected chi connectivity index (χ3v) is 4.34. The molecule has 1 saturated heterocycles. The van der Waals surface area contributed by atoms with Crippen molar-refractivity contribution in [2.45, 2.75) is 51.9 Å². The number of ether oxygens (including phenoxy) is 1. The monoisotopic (exact) mass is 331 g/mol. The zero-order chi connectivity index (χ0) is 17.1. The first kappa shape index (κ1) is 16.9. The molecular weight excluding hydrogens is 306 g/mol. The number of likely N-dealkylation sites (tertiary alicyclic amines) is 1. The summed E-state index contributed by atoms with van der Waals surface area (Å²) >= 11 is 0. The SMILES string of the molecule is Cc1nnc(CN2CC[C@@H](Oc3cccc(C(C)C)c3)[C@H](O)C2)o1. The van der Waals surface area contributed by atoms with Crippen LogP contribution in [0.15, 0.2) is 28.7 Å². The van der Waals surface area contributed by atoms with Crippen molar-refractivity contribution in [2.24, 2.45) is 0 Å². The van der Waals surface area contributed by atoms with Crippen molar-refractivity contribution in [3.05, 3.63) is 41.6 Å². The summed E-state index contributed by atoms with van der Waals surface area (Å²) in [4.78, 5) is 2.11. The minimum Gasteiger partial charge on any atom is -0.488 e. The highest BCUT2D eigenvalue weighted by Crippen LogP contribution is 2.24. The Bertz CT molecular complexity index is 671. The number of β-amino-alcohol motifs (C(OH)–C–C–N with tert-alkyl or cyclic N) is 1. The molecule has 2 heterocycles. The highest BCUT2D eigenvalue weighted by atomic mass is 16.5. The zero-order valence-electron chi connectivity index (χ0n) is 14.5. The standard InChI is InChI=1S/C18H25N3O3/c1-12(2)14-5-4-6-15(9-14)24-17-7-8-21(10-16(17)22)11-18-20-19-13(3)23-18/h4-6,9,12,16-17,22H,7-8,10-11H2,1-3H3/t16-,17-/m1/s1. The van der Waals surface area contributed by atoms with E-state index in [4.69, 9.17) is 9.15 Å². The third kappa shape index (κ3) is 4.13. The third-order valence-electron chi connectivity index (χ3n) is 4.34. The van der Waals surface area contributed by atoms with Crippen LogP contribution in [0, 0.1) is 6.92 Å². The van der Waals surface area contributed by atoms with E-state index in [0.29, 0.717) is 30.8 Å². The molecule has 0 radical (unpaired) electrons. The summed E-state index contributed by atoms with van der Waals surface area (Å²) in [6.07, 6.45) is 0.0405. The minimum absolute atomic E-state index is 0.187. The summed E-state index contributed by atoms with van der Waals surface area (Å²) in [5, 5.41) is 18.3. The number of aryl methyl sites for hydroxylation is 1. The maximum Gasteiger partial charge on any atom is 0.230 e. The van der Waals surface area contributed by atoms with E-state index < -0.39 is 6.10 Å². The molecule has 1 fully saturated rings. The van der Waals surface area contributed by atoms with E-state index in [1.165, 1.54) is 5.56 Å². The minimum atomic E-state index is -0.537. The predicted octanol–water partition coefficient (Wildman–Crippen LogP) is 2.52. The lowest BCUT2D eigenvalue weighted by atomic mass is 10.0. The predicted molar refractivity (Wildman–Crippen MR) is 89.9 cm³/mol. The molecule has 24 heavy (non-hydrogen) atoms. The van der Waals surface area contributed by atoms with Gasteiger partial charge in [-0.15, -0.1) is 10.2 Å². The molecule has 1 aromatic carbocycles. The molecule has 0 unspecified atom stereocenters. The quantitative estimate of drug-likeness (QED) is 0.908. The van der Waals surface area contributed by atoms with E-state index in [0.717, 1.165) is 18.7 Å². The van der Waals surface area contributed by atoms with Crippen LogP contribution in [0.25, 0.3) is 0 Å². The molecule has 3 rings (SSSR count). The first-order valence-corrected chi connectivity index (χ1v) is 8.47. The zero-order valence-corrected chi connectivity index (χ0v) is 14.5. The lowest BCUT2D eigenvalue weighted by molar-refractivity contribution is -0.0293. The smallest absolute Gasteiger partial charge is 0.230 e. The molecule has 0 spiro atoms. The van der Waals surface area contributed by atoms with Crippen LogP contribution in [0.1, 0.15) is 43.5 Å². The van der Waals surface area contributed by atoms with Crippen molar-refractivity contribution in [1.29, 1.82) is 0 Å². The number of hydrogen-bond donors (Lipinski definition) is 1. The summed E-state index contributed by atoms with van der Waals surface area (Å²) < 4.78 is 11.4. The van der Waals surface area contributed by atoms with Crippen molar-refractivity contribution in [2.75, 3.05) is 13.1 Å². The molecule has 130 valence electrons. The van der Waals surface area contributed by atoms with Gasteiger partial charge in [-0.2, -0.15) is 0 Å². The van der Waals surface area contributed by atoms with Gasteiger partial charge in [0.15, 0.2) is 0 Å². The topological polar surface area (TPSA) is 71.6 Å². The van der Waals surface area contributed by atoms with Gasteiger partial charge in [-0.05, 0) is 30.0 Å². The van der Waals surface area contributed by atoms with E-state index in [9.17, 15) is 5.11 Å². The second-order valence-corrected chi connectivity index (χ2v) is 6.69. The van der Waals surface area contributed by atoms with Crippen molar-refractivity contribution >= 4 is 0 Å². The van der Waals surface area contributed by atoms with Gasteiger partial charge in [0.2, 0.25) is 11.8 Å². The Kier molecular flexibility index (Phi) is 5.16. The molecule has 6 nitrogen and oxygen atoms in total. The molecule has 0 saturated carbocycles. The molecule has 0 bridgehead atoms. The van der Waals surface area contributed by atoms with Gasteiger partial charge in [0.25, 0.3) is 0 Å². The summed E-state index contributed by atoms with van der Waals surface area (Å²) in [6.45, 7) is 8.02. The van der Waals surface area contributed by atoms with Crippen molar-refractivity contribution in [3.63, 3.8) is 0 Å². The van der Waals surface area contributed by atoms with Gasteiger partial charge in [-0.25, -0.2) is 0 Å². The number of aliphatic hydroxyl groups is 1. The average Bonchev–Trinajstić information content (AvgIpc) is 2.95. The molecule has 0 aliphatic carbocycles. The largest absolute Gasteiger partial charge is 0.488 e. The Labute approximate surface area is 142 Å². The average molecular weight is 331 g/mol. The maximum absolute atomic E-state index is 10.4. The molecule has 1 N–H and O–H groups in total. The second-order valence-electron chi connectivity index (χ2n) is 6.69. The fraction of sp³-hybridized carbons (Fsp3) is 0.556. The molecule has 1 aliphatic heterocycles. The highest BCUT2D eigenvalue weighted by Gasteiger charge is 2.30. The van der Waals surface area contributed by atoms with Gasteiger partial charge in [-0.3, -0.25) is 4.90 Å². The number of piperidine rings is 1. The molecular formula is C18H25N3O3. The lowest BCUT2D eigenvalue weighted by Crippen LogP contribution is -2.48. The van der Waals surface area contributed by atoms with Crippen LogP contribution < -0.4 is 4.74 Å². The Balaban J connectivity index is 1.56. The van der Waals surface area contributed by atoms with E-state index >= 15 is 0 Å². The highest BCUT2D eigenvalue weighted by molar-refractivity contribution is 5.30. The van der Waals surface area contributed by atoms with Crippen LogP contribution in [0.4, 0.5) is 0 Å². The van der Waals surface area contributed by atoms with E-state index in [1.807, 2.05) is 12.1 Å². The number of nitrogens with zero attached hydrogens (tertiary/aromatic N) is 3. The second kappa shape index (κ2) is 7.32. The number of benzene rings is 1. The Morgan fingerprint density at radius 2 is 2.21 bits per heavy atom. The molecule has 0 amide bonds. The van der Waals surface area contributed by atoms with Crippen LogP contribution in [0.5, 0.6) is 5.75 Å². The normalized spacial score (nSPS) is 22.0. The van der Waals surface area contributed by atoms with Crippen molar-refractivity contribution < 1.29 is 14.3 Å². The van der Waals surface area contributed by atoms with E-state index in [2.05, 4.69) is 41.1 Å². The van der Waals surface area contributed by atoms with Gasteiger partial charge >= 0.3 is 0 Å². The lowest BCUT2D eigenvalue weighted by Gasteiger charge is -2.35. The first-order chi connectivity index (χ1) is 11.5. The summed E-state index contributed by atoms with van der Waals surface area (Å²) in [7, 11) is 0. The number of hydrogen-bond acceptors (Lipinski definition) is 6. The van der Waals surface area contributed by atoms with Crippen LogP contribution >= 0.6 is 0 Å². The van der Waals surface area contributed by atoms with Crippen molar-refractivity contribution in [1.82, 2.24) is 15.1 Å². The molecule has 1 aliphatic rings. The molecule has 2 atom stereocenters. The fourth-order valence-corrected chi connectivity index (χ4v) is 2.97. The van der Waals surface area contributed by atoms with Crippen LogP contribution in [0.3, 0.4) is 0 Å². The number of aliphatic hydroxyl groups excluding tert-OH is 1. The maximum atomic E-state index is 10.4. The fourth-order valence-electron chi connectivity index (χ4n) is 2.97. The van der Waals surface area contributed by atoms with Crippen molar-refractivity contribution in [3.8, 4) is 5.75 Å². The summed E-state index contributed by atoms with van der Waals surface area (Å²) in [5.41, 5.74) is 1.24. The summed E-state index contributed by atoms with van der Waals surface area (Å²) in [5.74, 6) is 2.43. The summed E-state index contributed by atoms with van der Waals surface area (Å²) in [6, 6.07) is 8.12. The van der Waals surface area contributed by atoms with E-state index in [1.54, 1.807) is 6.92 Å². The van der Waals surface area contributed by atoms with E-state index in [-0.39, 0.29) is 6.10 Å². The molecule has 2 aromatic rings. The van der Waals surface area contributed by atoms with Crippen LogP contribution in [-0.4, -0.2) is 45.5 Å². The number of rotatable bonds is 5. The Morgan fingerprint density at radius 1 is 1.38 bits per heavy atom. The first-order valence-electron chi connectivity index (χ1n) is 8.47. The Hall–Kier alpha value is -1.92. The van der Waals surface area contributed by atoms with Gasteiger partial charge < -0.3 is 14.3 Å². The van der Waals surface area contributed by atoms with Crippen LogP contribution in [-0.2, 0) is 6.54 Å². The number of aromatic nitrogens is 2. The van der Waals surface area contributed by atoms with Crippen LogP contribution in [0.2, 0.25) is 0 Å². The van der Waals surface area contributed by atoms with Gasteiger partial charge in [0.05, 0.1) is 6.54 Å².